The molecule has 0 unspecified atom stereocenters. The molecular formula is C3HN4NaS. The fraction of sp³-hybridized carbons (Fsp3) is 0. The summed E-state index contributed by atoms with van der Waals surface area (Å²) in [5.74, 6) is 0. The second-order valence-electron chi connectivity index (χ2n) is 0.933. The zero-order valence-electron chi connectivity index (χ0n) is 4.77. The van der Waals surface area contributed by atoms with Gasteiger partial charge in [0.2, 0.25) is 0 Å². The predicted molar refractivity (Wildman–Crippen MR) is 30.4 cm³/mol. The Morgan fingerprint density at radius 2 is 2.56 bits per heavy atom. The Kier molecular flexibility index (Phi) is 4.75. The van der Waals surface area contributed by atoms with Gasteiger partial charge in [-0.3, -0.25) is 0 Å². The van der Waals surface area contributed by atoms with Crippen LogP contribution in [0, 0.1) is 0 Å². The maximum absolute atomic E-state index is 7.96. The molecule has 4 nitrogen and oxygen atoms in total. The molecule has 1 aromatic rings. The number of aromatic nitrogens is 2. The van der Waals surface area contributed by atoms with E-state index in [-0.39, 0.29) is 29.6 Å². The molecule has 1 rings (SSSR count). The Labute approximate surface area is 77.8 Å². The Morgan fingerprint density at radius 3 is 3.00 bits per heavy atom. The molecule has 0 fully saturated rings. The molecule has 0 radical (unpaired) electrons. The van der Waals surface area contributed by atoms with Crippen molar-refractivity contribution >= 4 is 22.5 Å². The van der Waals surface area contributed by atoms with Crippen LogP contribution in [0.1, 0.15) is 0 Å². The first-order valence-electron chi connectivity index (χ1n) is 1.79. The fourth-order valence-electron chi connectivity index (χ4n) is 0.259. The Morgan fingerprint density at radius 1 is 1.78 bits per heavy atom. The van der Waals surface area contributed by atoms with Crippen molar-refractivity contribution in [2.45, 2.75) is 0 Å². The van der Waals surface area contributed by atoms with E-state index in [0.717, 1.165) is 0 Å². The summed E-state index contributed by atoms with van der Waals surface area (Å²) < 4.78 is 0. The molecule has 0 aliphatic rings. The van der Waals surface area contributed by atoms with Crippen molar-refractivity contribution in [1.82, 2.24) is 10.2 Å². The van der Waals surface area contributed by atoms with Crippen LogP contribution in [0.25, 0.3) is 5.41 Å². The Bertz CT molecular complexity index is 202. The third kappa shape index (κ3) is 2.84. The molecule has 1 heterocycles. The van der Waals surface area contributed by atoms with Gasteiger partial charge in [-0.2, -0.15) is 0 Å². The number of aliphatic imine (C=N–C) groups is 1. The monoisotopic (exact) mass is 148 g/mol. The van der Waals surface area contributed by atoms with Gasteiger partial charge in [0.15, 0.2) is 0 Å². The van der Waals surface area contributed by atoms with Crippen LogP contribution in [0.15, 0.2) is 10.5 Å². The summed E-state index contributed by atoms with van der Waals surface area (Å²) in [7, 11) is 0. The molecule has 0 aliphatic heterocycles. The maximum atomic E-state index is 7.96. The number of rotatable bonds is 1. The summed E-state index contributed by atoms with van der Waals surface area (Å²) in [6.45, 7) is 0. The van der Waals surface area contributed by atoms with E-state index in [9.17, 15) is 0 Å². The van der Waals surface area contributed by atoms with Crippen molar-refractivity contribution in [3.05, 3.63) is 10.9 Å². The molecule has 1 aromatic heterocycles. The van der Waals surface area contributed by atoms with Crippen LogP contribution in [-0.2, 0) is 0 Å². The molecule has 0 atom stereocenters. The normalized spacial score (nSPS) is 7.11. The zero-order chi connectivity index (χ0) is 5.82. The van der Waals surface area contributed by atoms with Crippen molar-refractivity contribution in [2.75, 3.05) is 0 Å². The molecule has 0 saturated carbocycles. The van der Waals surface area contributed by atoms with Crippen molar-refractivity contribution in [3.8, 4) is 0 Å². The van der Waals surface area contributed by atoms with E-state index < -0.39 is 0 Å². The smallest absolute Gasteiger partial charge is 0.422 e. The minimum Gasteiger partial charge on any atom is -0.422 e. The minimum absolute atomic E-state index is 0. The molecule has 0 bridgehead atoms. The van der Waals surface area contributed by atoms with Crippen LogP contribution < -0.4 is 29.6 Å². The molecule has 40 valence electrons. The van der Waals surface area contributed by atoms with Crippen LogP contribution in [0.4, 0.5) is 5.13 Å². The van der Waals surface area contributed by atoms with E-state index >= 15 is 0 Å². The summed E-state index contributed by atoms with van der Waals surface area (Å²) in [5.41, 5.74) is 1.52. The molecule has 0 saturated heterocycles. The van der Waals surface area contributed by atoms with Gasteiger partial charge in [-0.1, -0.05) is 0 Å². The third-order valence-corrected chi connectivity index (χ3v) is 1.08. The first kappa shape index (κ1) is 8.94. The maximum Gasteiger partial charge on any atom is 1.00 e. The molecule has 6 heteroatoms. The average molecular weight is 148 g/mol. The Balaban J connectivity index is 0.000000640. The van der Waals surface area contributed by atoms with E-state index in [0.29, 0.717) is 5.13 Å². The van der Waals surface area contributed by atoms with E-state index in [1.807, 2.05) is 0 Å². The molecule has 0 spiro atoms. The van der Waals surface area contributed by atoms with Gasteiger partial charge in [0, 0.05) is 0 Å². The Hall–Kier alpha value is -0.0600. The molecule has 0 aliphatic carbocycles. The number of nitrogens with zero attached hydrogens (tertiary/aromatic N) is 4. The summed E-state index contributed by atoms with van der Waals surface area (Å²) in [6.07, 6.45) is 0. The van der Waals surface area contributed by atoms with Gasteiger partial charge in [0.05, 0.1) is 0 Å². The summed E-state index contributed by atoms with van der Waals surface area (Å²) in [4.78, 5) is 3.32. The fourth-order valence-corrected chi connectivity index (χ4v) is 0.635. The molecule has 0 amide bonds. The molecule has 9 heavy (non-hydrogen) atoms. The van der Waals surface area contributed by atoms with Gasteiger partial charge >= 0.3 is 29.6 Å². The van der Waals surface area contributed by atoms with Crippen molar-refractivity contribution < 1.29 is 29.6 Å². The summed E-state index contributed by atoms with van der Waals surface area (Å²) >= 11 is 1.24. The second kappa shape index (κ2) is 4.78. The van der Waals surface area contributed by atoms with E-state index in [1.165, 1.54) is 16.8 Å². The minimum atomic E-state index is 0. The van der Waals surface area contributed by atoms with Crippen LogP contribution >= 0.6 is 11.3 Å². The third-order valence-electron chi connectivity index (χ3n) is 0.494. The standard InChI is InChI=1S/C3HN4S.Na/c4-1-5-3-7-6-2-8-3;/h2H;/q-1;+1. The summed E-state index contributed by atoms with van der Waals surface area (Å²) in [6, 6.07) is 1.60. The van der Waals surface area contributed by atoms with Gasteiger partial charge in [0.25, 0.3) is 0 Å². The van der Waals surface area contributed by atoms with Crippen LogP contribution in [0.2, 0.25) is 0 Å². The van der Waals surface area contributed by atoms with Crippen molar-refractivity contribution in [3.63, 3.8) is 0 Å². The topological polar surface area (TPSA) is 60.4 Å². The van der Waals surface area contributed by atoms with Crippen LogP contribution in [-0.4, -0.2) is 16.2 Å². The number of hydrogen-bond acceptors (Lipinski definition) is 4. The van der Waals surface area contributed by atoms with Crippen LogP contribution in [0.5, 0.6) is 0 Å². The van der Waals surface area contributed by atoms with Gasteiger partial charge in [-0.15, -0.1) is 27.5 Å². The largest absolute Gasteiger partial charge is 1.00 e. The summed E-state index contributed by atoms with van der Waals surface area (Å²) in [5, 5.41) is 15.3. The second-order valence-corrected chi connectivity index (χ2v) is 1.74. The van der Waals surface area contributed by atoms with Crippen molar-refractivity contribution in [1.29, 1.82) is 0 Å². The van der Waals surface area contributed by atoms with Crippen LogP contribution in [0.3, 0.4) is 0 Å². The van der Waals surface area contributed by atoms with Gasteiger partial charge in [-0.25, -0.2) is 0 Å². The average Bonchev–Trinajstić information content (AvgIpc) is 2.19. The zero-order valence-corrected chi connectivity index (χ0v) is 7.59. The molecular weight excluding hydrogens is 147 g/mol. The first-order valence-corrected chi connectivity index (χ1v) is 2.67. The van der Waals surface area contributed by atoms with Gasteiger partial charge < -0.3 is 10.4 Å². The van der Waals surface area contributed by atoms with E-state index in [4.69, 9.17) is 5.41 Å². The molecule has 0 aromatic carbocycles. The SMILES string of the molecule is [N-]=C=Nc1nncs1.[Na+]. The predicted octanol–water partition coefficient (Wildman–Crippen LogP) is -2.08. The van der Waals surface area contributed by atoms with E-state index in [2.05, 4.69) is 15.2 Å². The van der Waals surface area contributed by atoms with Crippen molar-refractivity contribution in [2.24, 2.45) is 4.99 Å². The quantitative estimate of drug-likeness (QED) is 0.339. The first-order chi connectivity index (χ1) is 3.93. The van der Waals surface area contributed by atoms with Gasteiger partial charge in [-0.05, 0) is 0 Å². The van der Waals surface area contributed by atoms with Gasteiger partial charge in [0.1, 0.15) is 10.6 Å². The number of hydrogen-bond donors (Lipinski definition) is 0. The molecule has 0 N–H and O–H groups in total. The van der Waals surface area contributed by atoms with E-state index in [1.54, 1.807) is 6.01 Å².